The molecule has 1 aliphatic rings. The fourth-order valence-electron chi connectivity index (χ4n) is 3.42. The summed E-state index contributed by atoms with van der Waals surface area (Å²) in [5.74, 6) is 0.712. The maximum Gasteiger partial charge on any atom is 0.307 e. The van der Waals surface area contributed by atoms with Crippen LogP contribution in [0, 0.1) is 0 Å². The molecular formula is C23H18N2O3S2. The van der Waals surface area contributed by atoms with E-state index < -0.39 is 0 Å². The summed E-state index contributed by atoms with van der Waals surface area (Å²) in [4.78, 5) is 18.7. The average molecular weight is 435 g/mol. The highest BCUT2D eigenvalue weighted by Crippen LogP contribution is 2.47. The third-order valence-corrected chi connectivity index (χ3v) is 6.88. The molecule has 0 bridgehead atoms. The Bertz CT molecular complexity index is 1200. The number of hydrogen-bond donors (Lipinski definition) is 2. The number of H-pyrrole nitrogens is 1. The van der Waals surface area contributed by atoms with Crippen molar-refractivity contribution in [3.63, 3.8) is 0 Å². The zero-order chi connectivity index (χ0) is 20.5. The van der Waals surface area contributed by atoms with E-state index in [1.807, 2.05) is 36.4 Å². The molecule has 150 valence electrons. The fraction of sp³-hybridized carbons (Fsp3) is 0.0870. The molecule has 0 radical (unpaired) electrons. The topological polar surface area (TPSA) is 65.6 Å². The quantitative estimate of drug-likeness (QED) is 0.442. The highest BCUT2D eigenvalue weighted by molar-refractivity contribution is 7.99. The van der Waals surface area contributed by atoms with Crippen LogP contribution in [0.15, 0.2) is 87.4 Å². The Morgan fingerprint density at radius 1 is 0.900 bits per heavy atom. The van der Waals surface area contributed by atoms with Gasteiger partial charge in [-0.05, 0) is 42.0 Å². The number of fused-ring (bicyclic) bond motifs is 2. The number of hydrogen-bond acceptors (Lipinski definition) is 6. The Balaban J connectivity index is 1.33. The second-order valence-electron chi connectivity index (χ2n) is 6.85. The van der Waals surface area contributed by atoms with Crippen molar-refractivity contribution in [3.05, 3.63) is 92.9 Å². The second kappa shape index (κ2) is 7.93. The maximum atomic E-state index is 11.3. The monoisotopic (exact) mass is 434 g/mol. The molecule has 2 N–H and O–H groups in total. The van der Waals surface area contributed by atoms with E-state index >= 15 is 0 Å². The molecule has 4 aromatic rings. The lowest BCUT2D eigenvalue weighted by Crippen LogP contribution is -2.25. The van der Waals surface area contributed by atoms with Crippen molar-refractivity contribution in [2.75, 3.05) is 11.6 Å². The van der Waals surface area contributed by atoms with E-state index in [0.717, 1.165) is 34.0 Å². The Morgan fingerprint density at radius 2 is 1.53 bits per heavy atom. The van der Waals surface area contributed by atoms with E-state index in [9.17, 15) is 9.90 Å². The van der Waals surface area contributed by atoms with Gasteiger partial charge in [0, 0.05) is 16.2 Å². The van der Waals surface area contributed by atoms with Crippen LogP contribution < -0.4 is 14.5 Å². The number of ether oxygens (including phenoxy) is 1. The number of aromatic amines is 1. The molecule has 0 saturated heterocycles. The van der Waals surface area contributed by atoms with E-state index in [1.165, 1.54) is 9.79 Å². The summed E-state index contributed by atoms with van der Waals surface area (Å²) < 4.78 is 6.11. The van der Waals surface area contributed by atoms with Crippen LogP contribution in [0.3, 0.4) is 0 Å². The number of benzene rings is 3. The van der Waals surface area contributed by atoms with Crippen LogP contribution in [-0.2, 0) is 6.42 Å². The molecule has 5 rings (SSSR count). The Hall–Kier alpha value is -3.16. The molecule has 1 aromatic heterocycles. The molecule has 5 nitrogen and oxygen atoms in total. The first-order valence-electron chi connectivity index (χ1n) is 9.43. The van der Waals surface area contributed by atoms with Gasteiger partial charge in [-0.1, -0.05) is 59.5 Å². The second-order valence-corrected chi connectivity index (χ2v) is 9.00. The molecule has 0 unspecified atom stereocenters. The summed E-state index contributed by atoms with van der Waals surface area (Å²) in [5.41, 5.74) is 3.27. The number of anilines is 2. The Morgan fingerprint density at radius 3 is 2.13 bits per heavy atom. The van der Waals surface area contributed by atoms with Crippen LogP contribution in [0.25, 0.3) is 0 Å². The SMILES string of the molecule is O=c1[nH]c(O)c(Cc2ccc(OCN3c4ccccc4Sc4ccccc43)cc2)s1. The largest absolute Gasteiger partial charge is 0.494 e. The number of rotatable bonds is 5. The third kappa shape index (κ3) is 3.69. The lowest BCUT2D eigenvalue weighted by molar-refractivity contribution is 0.325. The zero-order valence-corrected chi connectivity index (χ0v) is 17.5. The minimum Gasteiger partial charge on any atom is -0.494 e. The molecule has 0 atom stereocenters. The lowest BCUT2D eigenvalue weighted by atomic mass is 10.1. The minimum atomic E-state index is -0.247. The summed E-state index contributed by atoms with van der Waals surface area (Å²) in [7, 11) is 0. The Kier molecular flexibility index (Phi) is 4.98. The van der Waals surface area contributed by atoms with Crippen molar-refractivity contribution in [2.24, 2.45) is 0 Å². The molecule has 0 spiro atoms. The summed E-state index contributed by atoms with van der Waals surface area (Å²) in [6, 6.07) is 24.4. The molecule has 0 aliphatic carbocycles. The van der Waals surface area contributed by atoms with Crippen LogP contribution in [0.1, 0.15) is 10.4 Å². The van der Waals surface area contributed by atoms with E-state index in [2.05, 4.69) is 46.3 Å². The van der Waals surface area contributed by atoms with E-state index in [4.69, 9.17) is 4.74 Å². The smallest absolute Gasteiger partial charge is 0.307 e. The van der Waals surface area contributed by atoms with Gasteiger partial charge >= 0.3 is 4.87 Å². The van der Waals surface area contributed by atoms with E-state index in [0.29, 0.717) is 18.0 Å². The predicted molar refractivity (Wildman–Crippen MR) is 120 cm³/mol. The van der Waals surface area contributed by atoms with Gasteiger partial charge in [0.15, 0.2) is 6.73 Å². The van der Waals surface area contributed by atoms with Gasteiger partial charge in [0.1, 0.15) is 5.75 Å². The van der Waals surface area contributed by atoms with Crippen molar-refractivity contribution in [1.29, 1.82) is 0 Å². The van der Waals surface area contributed by atoms with E-state index in [-0.39, 0.29) is 10.8 Å². The molecule has 2 heterocycles. The first-order chi connectivity index (χ1) is 14.7. The number of aromatic nitrogens is 1. The van der Waals surface area contributed by atoms with Crippen molar-refractivity contribution in [1.82, 2.24) is 4.98 Å². The van der Waals surface area contributed by atoms with Gasteiger partial charge in [-0.15, -0.1) is 0 Å². The zero-order valence-electron chi connectivity index (χ0n) is 15.9. The van der Waals surface area contributed by atoms with Crippen LogP contribution >= 0.6 is 23.1 Å². The van der Waals surface area contributed by atoms with Crippen LogP contribution in [-0.4, -0.2) is 16.8 Å². The molecule has 3 aromatic carbocycles. The number of thiazole rings is 1. The summed E-state index contributed by atoms with van der Waals surface area (Å²) in [5, 5.41) is 9.76. The van der Waals surface area contributed by atoms with Crippen LogP contribution in [0.5, 0.6) is 11.6 Å². The molecular weight excluding hydrogens is 416 g/mol. The summed E-state index contributed by atoms with van der Waals surface area (Å²) in [6.45, 7) is 0.397. The van der Waals surface area contributed by atoms with Crippen LogP contribution in [0.4, 0.5) is 11.4 Å². The molecule has 1 aliphatic heterocycles. The van der Waals surface area contributed by atoms with Gasteiger partial charge < -0.3 is 14.7 Å². The molecule has 7 heteroatoms. The number of aromatic hydroxyl groups is 1. The standard InChI is InChI=1S/C23H18N2O3S2/c26-22-21(30-23(27)24-22)13-15-9-11-16(12-10-15)28-14-25-17-5-1-3-7-19(17)29-20-8-4-2-6-18(20)25/h1-12,26H,13-14H2,(H,24,27). The summed E-state index contributed by atoms with van der Waals surface area (Å²) in [6.07, 6.45) is 0.500. The third-order valence-electron chi connectivity index (χ3n) is 4.88. The van der Waals surface area contributed by atoms with Gasteiger partial charge in [0.05, 0.1) is 16.3 Å². The van der Waals surface area contributed by atoms with E-state index in [1.54, 1.807) is 11.8 Å². The lowest BCUT2D eigenvalue weighted by Gasteiger charge is -2.32. The molecule has 0 amide bonds. The first-order valence-corrected chi connectivity index (χ1v) is 11.1. The first kappa shape index (κ1) is 18.8. The van der Waals surface area contributed by atoms with Gasteiger partial charge in [-0.3, -0.25) is 9.78 Å². The van der Waals surface area contributed by atoms with Crippen molar-refractivity contribution < 1.29 is 9.84 Å². The van der Waals surface area contributed by atoms with Crippen molar-refractivity contribution in [2.45, 2.75) is 16.2 Å². The normalized spacial score (nSPS) is 12.3. The number of nitrogens with one attached hydrogen (secondary N) is 1. The average Bonchev–Trinajstić information content (AvgIpc) is 3.08. The number of para-hydroxylation sites is 2. The summed E-state index contributed by atoms with van der Waals surface area (Å²) >= 11 is 2.80. The van der Waals surface area contributed by atoms with Gasteiger partial charge in [0.2, 0.25) is 5.88 Å². The highest BCUT2D eigenvalue weighted by atomic mass is 32.2. The van der Waals surface area contributed by atoms with Crippen LogP contribution in [0.2, 0.25) is 0 Å². The van der Waals surface area contributed by atoms with Crippen molar-refractivity contribution in [3.8, 4) is 11.6 Å². The van der Waals surface area contributed by atoms with Gasteiger partial charge in [-0.25, -0.2) is 0 Å². The highest BCUT2D eigenvalue weighted by Gasteiger charge is 2.23. The van der Waals surface area contributed by atoms with Gasteiger partial charge in [0.25, 0.3) is 0 Å². The minimum absolute atomic E-state index is 0.0503. The van der Waals surface area contributed by atoms with Crippen molar-refractivity contribution >= 4 is 34.5 Å². The fourth-order valence-corrected chi connectivity index (χ4v) is 5.27. The number of nitrogens with zero attached hydrogens (tertiary/aromatic N) is 1. The maximum absolute atomic E-state index is 11.3. The molecule has 0 fully saturated rings. The van der Waals surface area contributed by atoms with Gasteiger partial charge in [-0.2, -0.15) is 0 Å². The predicted octanol–water partition coefficient (Wildman–Crippen LogP) is 5.37. The molecule has 0 saturated carbocycles. The molecule has 30 heavy (non-hydrogen) atoms. The Labute approximate surface area is 181 Å².